The number of hydrogen-bond donors (Lipinski definition) is 1. The van der Waals surface area contributed by atoms with Crippen molar-refractivity contribution in [1.29, 1.82) is 0 Å². The number of fused-ring (bicyclic) bond motifs is 1. The summed E-state index contributed by atoms with van der Waals surface area (Å²) in [6.45, 7) is 6.60. The highest BCUT2D eigenvalue weighted by Gasteiger charge is 2.23. The fourth-order valence-corrected chi connectivity index (χ4v) is 4.69. The fourth-order valence-electron chi connectivity index (χ4n) is 4.69. The van der Waals surface area contributed by atoms with Gasteiger partial charge in [-0.05, 0) is 51.3 Å². The monoisotopic (exact) mass is 422 g/mol. The number of pyridine rings is 1. The summed E-state index contributed by atoms with van der Waals surface area (Å²) in [6.07, 6.45) is 10.0. The van der Waals surface area contributed by atoms with Gasteiger partial charge in [-0.3, -0.25) is 4.68 Å². The summed E-state index contributed by atoms with van der Waals surface area (Å²) < 4.78 is 15.3. The van der Waals surface area contributed by atoms with E-state index in [1.54, 1.807) is 7.11 Å². The molecule has 0 saturated carbocycles. The third kappa shape index (κ3) is 4.09. The van der Waals surface area contributed by atoms with Crippen molar-refractivity contribution < 1.29 is 9.47 Å². The van der Waals surface area contributed by atoms with Crippen molar-refractivity contribution in [2.24, 2.45) is 5.92 Å². The first kappa shape index (κ1) is 20.2. The number of ether oxygens (including phenoxy) is 2. The van der Waals surface area contributed by atoms with E-state index in [0.717, 1.165) is 55.0 Å². The zero-order valence-electron chi connectivity index (χ0n) is 18.3. The van der Waals surface area contributed by atoms with Crippen LogP contribution in [-0.4, -0.2) is 58.0 Å². The number of methoxy groups -OCH3 is 1. The first-order valence-electron chi connectivity index (χ1n) is 11.2. The molecule has 3 aromatic heterocycles. The maximum absolute atomic E-state index is 5.78. The standard InChI is InChI=1S/C23H30N6O2/c1-16-11-18(12-25-23(16)30-2)22-20-5-9-31-10-6-21(20)29(27-22)19-13-26-28(15-19)14-17-3-7-24-8-4-17/h11-13,15,17,24H,3-10,14H2,1-2H3. The van der Waals surface area contributed by atoms with Crippen molar-refractivity contribution in [2.75, 3.05) is 33.4 Å². The predicted octanol–water partition coefficient (Wildman–Crippen LogP) is 2.56. The first-order valence-corrected chi connectivity index (χ1v) is 11.2. The van der Waals surface area contributed by atoms with Gasteiger partial charge in [0.15, 0.2) is 0 Å². The van der Waals surface area contributed by atoms with Crippen molar-refractivity contribution >= 4 is 0 Å². The molecule has 3 aromatic rings. The summed E-state index contributed by atoms with van der Waals surface area (Å²) >= 11 is 0. The van der Waals surface area contributed by atoms with Crippen LogP contribution in [0.2, 0.25) is 0 Å². The molecule has 5 heterocycles. The molecule has 0 radical (unpaired) electrons. The summed E-state index contributed by atoms with van der Waals surface area (Å²) in [5.41, 5.74) is 6.46. The number of nitrogens with zero attached hydrogens (tertiary/aromatic N) is 5. The van der Waals surface area contributed by atoms with Crippen molar-refractivity contribution in [3.05, 3.63) is 41.5 Å². The number of nitrogens with one attached hydrogen (secondary N) is 1. The maximum atomic E-state index is 5.78. The van der Waals surface area contributed by atoms with E-state index in [2.05, 4.69) is 37.0 Å². The fraction of sp³-hybridized carbons (Fsp3) is 0.522. The van der Waals surface area contributed by atoms with Crippen LogP contribution in [0.25, 0.3) is 16.9 Å². The van der Waals surface area contributed by atoms with Crippen molar-refractivity contribution in [1.82, 2.24) is 29.9 Å². The molecule has 2 aliphatic heterocycles. The van der Waals surface area contributed by atoms with Crippen LogP contribution >= 0.6 is 0 Å². The van der Waals surface area contributed by atoms with E-state index in [4.69, 9.17) is 14.6 Å². The van der Waals surface area contributed by atoms with Crippen LogP contribution in [0.3, 0.4) is 0 Å². The topological polar surface area (TPSA) is 79.0 Å². The molecule has 1 N–H and O–H groups in total. The van der Waals surface area contributed by atoms with E-state index in [0.29, 0.717) is 25.0 Å². The zero-order chi connectivity index (χ0) is 21.2. The molecule has 31 heavy (non-hydrogen) atoms. The minimum absolute atomic E-state index is 0.650. The number of hydrogen-bond acceptors (Lipinski definition) is 6. The normalized spacial score (nSPS) is 17.4. The van der Waals surface area contributed by atoms with Gasteiger partial charge < -0.3 is 14.8 Å². The molecule has 0 unspecified atom stereocenters. The van der Waals surface area contributed by atoms with Crippen LogP contribution in [0.1, 0.15) is 29.7 Å². The first-order chi connectivity index (χ1) is 15.2. The van der Waals surface area contributed by atoms with Gasteiger partial charge in [0, 0.05) is 35.9 Å². The molecular formula is C23H30N6O2. The molecule has 0 aliphatic carbocycles. The molecular weight excluding hydrogens is 392 g/mol. The van der Waals surface area contributed by atoms with Crippen LogP contribution in [0, 0.1) is 12.8 Å². The molecule has 0 bridgehead atoms. The van der Waals surface area contributed by atoms with Gasteiger partial charge >= 0.3 is 0 Å². The third-order valence-electron chi connectivity index (χ3n) is 6.33. The molecule has 1 saturated heterocycles. The molecule has 0 spiro atoms. The SMILES string of the molecule is COc1ncc(-c2nn(-c3cnn(CC4CCNCC4)c3)c3c2CCOCC3)cc1C. The Hall–Kier alpha value is -2.71. The number of rotatable bonds is 5. The number of aryl methyl sites for hydroxylation is 1. The molecule has 8 nitrogen and oxygen atoms in total. The van der Waals surface area contributed by atoms with Gasteiger partial charge in [0.05, 0.1) is 44.1 Å². The summed E-state index contributed by atoms with van der Waals surface area (Å²) in [7, 11) is 1.65. The largest absolute Gasteiger partial charge is 0.481 e. The van der Waals surface area contributed by atoms with Gasteiger partial charge in [-0.25, -0.2) is 9.67 Å². The smallest absolute Gasteiger partial charge is 0.215 e. The second-order valence-electron chi connectivity index (χ2n) is 8.46. The van der Waals surface area contributed by atoms with E-state index >= 15 is 0 Å². The summed E-state index contributed by atoms with van der Waals surface area (Å²) in [5.74, 6) is 1.33. The van der Waals surface area contributed by atoms with E-state index in [1.807, 2.05) is 19.3 Å². The molecule has 0 amide bonds. The van der Waals surface area contributed by atoms with Gasteiger partial charge in [-0.1, -0.05) is 0 Å². The lowest BCUT2D eigenvalue weighted by Gasteiger charge is -2.22. The highest BCUT2D eigenvalue weighted by molar-refractivity contribution is 5.65. The maximum Gasteiger partial charge on any atom is 0.215 e. The predicted molar refractivity (Wildman–Crippen MR) is 118 cm³/mol. The van der Waals surface area contributed by atoms with Crippen LogP contribution in [0.15, 0.2) is 24.7 Å². The van der Waals surface area contributed by atoms with E-state index < -0.39 is 0 Å². The molecule has 8 heteroatoms. The molecule has 1 fully saturated rings. The van der Waals surface area contributed by atoms with Crippen LogP contribution in [0.4, 0.5) is 0 Å². The summed E-state index contributed by atoms with van der Waals surface area (Å²) in [6, 6.07) is 2.10. The Morgan fingerprint density at radius 1 is 1.19 bits per heavy atom. The van der Waals surface area contributed by atoms with Gasteiger partial charge in [0.25, 0.3) is 0 Å². The van der Waals surface area contributed by atoms with Gasteiger partial charge in [0.2, 0.25) is 5.88 Å². The van der Waals surface area contributed by atoms with Gasteiger partial charge in [0.1, 0.15) is 5.69 Å². The van der Waals surface area contributed by atoms with Crippen LogP contribution in [-0.2, 0) is 24.1 Å². The quantitative estimate of drug-likeness (QED) is 0.681. The summed E-state index contributed by atoms with van der Waals surface area (Å²) in [5, 5.41) is 13.1. The molecule has 2 aliphatic rings. The average Bonchev–Trinajstić information content (AvgIpc) is 3.31. The van der Waals surface area contributed by atoms with Crippen LogP contribution < -0.4 is 10.1 Å². The lowest BCUT2D eigenvalue weighted by Crippen LogP contribution is -2.29. The second-order valence-corrected chi connectivity index (χ2v) is 8.46. The highest BCUT2D eigenvalue weighted by Crippen LogP contribution is 2.31. The minimum Gasteiger partial charge on any atom is -0.481 e. The second kappa shape index (κ2) is 8.80. The zero-order valence-corrected chi connectivity index (χ0v) is 18.3. The molecule has 0 aromatic carbocycles. The Morgan fingerprint density at radius 2 is 2.03 bits per heavy atom. The van der Waals surface area contributed by atoms with Gasteiger partial charge in [-0.2, -0.15) is 10.2 Å². The number of piperidine rings is 1. The third-order valence-corrected chi connectivity index (χ3v) is 6.33. The van der Waals surface area contributed by atoms with E-state index in [-0.39, 0.29) is 0 Å². The molecule has 0 atom stereocenters. The van der Waals surface area contributed by atoms with E-state index in [1.165, 1.54) is 24.1 Å². The molecule has 5 rings (SSSR count). The van der Waals surface area contributed by atoms with Crippen molar-refractivity contribution in [2.45, 2.75) is 39.2 Å². The Bertz CT molecular complexity index is 1050. The van der Waals surface area contributed by atoms with Crippen LogP contribution in [0.5, 0.6) is 5.88 Å². The Kier molecular flexibility index (Phi) is 5.74. The van der Waals surface area contributed by atoms with Crippen molar-refractivity contribution in [3.8, 4) is 22.8 Å². The Morgan fingerprint density at radius 3 is 2.84 bits per heavy atom. The van der Waals surface area contributed by atoms with Gasteiger partial charge in [-0.15, -0.1) is 0 Å². The Balaban J connectivity index is 1.50. The minimum atomic E-state index is 0.650. The molecule has 164 valence electrons. The average molecular weight is 423 g/mol. The Labute approximate surface area is 182 Å². The summed E-state index contributed by atoms with van der Waals surface area (Å²) in [4.78, 5) is 4.47. The van der Waals surface area contributed by atoms with Crippen molar-refractivity contribution in [3.63, 3.8) is 0 Å². The highest BCUT2D eigenvalue weighted by atomic mass is 16.5. The van der Waals surface area contributed by atoms with E-state index in [9.17, 15) is 0 Å². The lowest BCUT2D eigenvalue weighted by molar-refractivity contribution is 0.145. The number of aromatic nitrogens is 5. The lowest BCUT2D eigenvalue weighted by atomic mass is 9.98.